The number of benzene rings is 2. The Morgan fingerprint density at radius 3 is 1.60 bits per heavy atom. The molecular formula is C22H26ClNO. The van der Waals surface area contributed by atoms with Crippen LogP contribution in [0.15, 0.2) is 72.8 Å². The van der Waals surface area contributed by atoms with Crippen molar-refractivity contribution >= 4 is 12.2 Å². The van der Waals surface area contributed by atoms with Gasteiger partial charge in [0.25, 0.3) is 0 Å². The molecule has 0 amide bonds. The summed E-state index contributed by atoms with van der Waals surface area (Å²) in [6.45, 7) is 5.99. The molecule has 1 aliphatic rings. The third-order valence-electron chi connectivity index (χ3n) is 4.63. The maximum atomic E-state index is 5.59. The third kappa shape index (κ3) is 6.17. The van der Waals surface area contributed by atoms with Gasteiger partial charge < -0.3 is 21.6 Å². The summed E-state index contributed by atoms with van der Waals surface area (Å²) in [5.41, 5.74) is 2.53. The zero-order chi connectivity index (χ0) is 16.5. The van der Waals surface area contributed by atoms with E-state index in [4.69, 9.17) is 4.74 Å². The van der Waals surface area contributed by atoms with Gasteiger partial charge in [0.2, 0.25) is 0 Å². The van der Waals surface area contributed by atoms with Gasteiger partial charge >= 0.3 is 0 Å². The van der Waals surface area contributed by atoms with Gasteiger partial charge in [0.15, 0.2) is 0 Å². The molecule has 3 rings (SSSR count). The molecule has 0 saturated carbocycles. The molecular weight excluding hydrogens is 330 g/mol. The zero-order valence-electron chi connectivity index (χ0n) is 14.6. The van der Waals surface area contributed by atoms with E-state index in [0.717, 1.165) is 43.9 Å². The summed E-state index contributed by atoms with van der Waals surface area (Å²) in [6.07, 6.45) is 9.10. The molecule has 132 valence electrons. The highest BCUT2D eigenvalue weighted by molar-refractivity contribution is 5.49. The largest absolute Gasteiger partial charge is 1.00 e. The van der Waals surface area contributed by atoms with Gasteiger partial charge in [0.1, 0.15) is 13.1 Å². The van der Waals surface area contributed by atoms with Gasteiger partial charge in [-0.3, -0.25) is 0 Å². The number of nitrogens with zero attached hydrogens (tertiary/aromatic N) is 1. The summed E-state index contributed by atoms with van der Waals surface area (Å²) in [7, 11) is 0. The number of quaternary nitrogens is 1. The van der Waals surface area contributed by atoms with Crippen LogP contribution >= 0.6 is 0 Å². The van der Waals surface area contributed by atoms with Crippen LogP contribution in [0.1, 0.15) is 11.1 Å². The summed E-state index contributed by atoms with van der Waals surface area (Å²) >= 11 is 0. The van der Waals surface area contributed by atoms with E-state index in [-0.39, 0.29) is 12.4 Å². The van der Waals surface area contributed by atoms with Crippen LogP contribution in [0.25, 0.3) is 12.2 Å². The summed E-state index contributed by atoms with van der Waals surface area (Å²) in [6, 6.07) is 21.0. The molecule has 0 spiro atoms. The Bertz CT molecular complexity index is 607. The Hall–Kier alpha value is -1.87. The van der Waals surface area contributed by atoms with Crippen LogP contribution < -0.4 is 12.4 Å². The minimum absolute atomic E-state index is 0. The third-order valence-corrected chi connectivity index (χ3v) is 4.63. The first kappa shape index (κ1) is 19.5. The number of halogens is 1. The Morgan fingerprint density at radius 2 is 1.16 bits per heavy atom. The monoisotopic (exact) mass is 355 g/mol. The van der Waals surface area contributed by atoms with E-state index < -0.39 is 0 Å². The predicted octanol–water partition coefficient (Wildman–Crippen LogP) is 1.26. The van der Waals surface area contributed by atoms with Gasteiger partial charge in [-0.2, -0.15) is 0 Å². The normalized spacial score (nSPS) is 16.8. The highest BCUT2D eigenvalue weighted by Crippen LogP contribution is 2.14. The first-order valence-electron chi connectivity index (χ1n) is 8.72. The first-order valence-corrected chi connectivity index (χ1v) is 8.72. The Labute approximate surface area is 157 Å². The molecule has 0 atom stereocenters. The number of morpholine rings is 1. The molecule has 2 nitrogen and oxygen atoms in total. The fourth-order valence-corrected chi connectivity index (χ4v) is 3.12. The van der Waals surface area contributed by atoms with Crippen molar-refractivity contribution in [3.8, 4) is 0 Å². The Kier molecular flexibility index (Phi) is 7.93. The van der Waals surface area contributed by atoms with Gasteiger partial charge in [-0.1, -0.05) is 72.8 Å². The highest BCUT2D eigenvalue weighted by Gasteiger charge is 2.27. The lowest BCUT2D eigenvalue weighted by molar-refractivity contribution is -0.924. The van der Waals surface area contributed by atoms with E-state index in [1.54, 1.807) is 0 Å². The number of hydrogen-bond donors (Lipinski definition) is 0. The molecule has 2 aromatic rings. The van der Waals surface area contributed by atoms with Crippen molar-refractivity contribution in [3.63, 3.8) is 0 Å². The average molecular weight is 356 g/mol. The van der Waals surface area contributed by atoms with Crippen LogP contribution in [0.5, 0.6) is 0 Å². The van der Waals surface area contributed by atoms with Gasteiger partial charge in [-0.05, 0) is 23.3 Å². The van der Waals surface area contributed by atoms with Gasteiger partial charge in [0.05, 0.1) is 26.3 Å². The summed E-state index contributed by atoms with van der Waals surface area (Å²) in [5, 5.41) is 0. The molecule has 1 aliphatic heterocycles. The summed E-state index contributed by atoms with van der Waals surface area (Å²) in [5.74, 6) is 0. The van der Waals surface area contributed by atoms with Crippen molar-refractivity contribution in [1.82, 2.24) is 0 Å². The van der Waals surface area contributed by atoms with Crippen molar-refractivity contribution in [2.45, 2.75) is 0 Å². The average Bonchev–Trinajstić information content (AvgIpc) is 2.64. The number of hydrogen-bond acceptors (Lipinski definition) is 1. The molecule has 0 N–H and O–H groups in total. The van der Waals surface area contributed by atoms with Crippen molar-refractivity contribution < 1.29 is 21.6 Å². The highest BCUT2D eigenvalue weighted by atomic mass is 35.5. The fourth-order valence-electron chi connectivity index (χ4n) is 3.12. The second-order valence-electron chi connectivity index (χ2n) is 6.39. The van der Waals surface area contributed by atoms with Gasteiger partial charge in [-0.15, -0.1) is 0 Å². The minimum Gasteiger partial charge on any atom is -1.00 e. The molecule has 3 heteroatoms. The van der Waals surface area contributed by atoms with Gasteiger partial charge in [0, 0.05) is 0 Å². The van der Waals surface area contributed by atoms with Crippen LogP contribution in [0.4, 0.5) is 0 Å². The SMILES string of the molecule is C(=Cc1ccccc1)C[N+]1(CC=Cc2ccccc2)CCOCC1.[Cl-]. The quantitative estimate of drug-likeness (QED) is 0.709. The first-order chi connectivity index (χ1) is 11.9. The van der Waals surface area contributed by atoms with Crippen molar-refractivity contribution in [3.05, 3.63) is 83.9 Å². The van der Waals surface area contributed by atoms with Crippen molar-refractivity contribution in [1.29, 1.82) is 0 Å². The molecule has 1 heterocycles. The van der Waals surface area contributed by atoms with E-state index >= 15 is 0 Å². The van der Waals surface area contributed by atoms with Crippen LogP contribution in [0.3, 0.4) is 0 Å². The molecule has 2 aromatic carbocycles. The van der Waals surface area contributed by atoms with Crippen molar-refractivity contribution in [2.24, 2.45) is 0 Å². The van der Waals surface area contributed by atoms with Crippen LogP contribution in [0.2, 0.25) is 0 Å². The molecule has 0 unspecified atom stereocenters. The van der Waals surface area contributed by atoms with Crippen LogP contribution in [-0.2, 0) is 4.74 Å². The number of ether oxygens (including phenoxy) is 1. The van der Waals surface area contributed by atoms with E-state index in [1.165, 1.54) is 11.1 Å². The van der Waals surface area contributed by atoms with E-state index in [2.05, 4.69) is 85.0 Å². The maximum Gasteiger partial charge on any atom is 0.103 e. The lowest BCUT2D eigenvalue weighted by Crippen LogP contribution is -3.00. The van der Waals surface area contributed by atoms with E-state index in [0.29, 0.717) is 0 Å². The summed E-state index contributed by atoms with van der Waals surface area (Å²) < 4.78 is 6.67. The van der Waals surface area contributed by atoms with Gasteiger partial charge in [-0.25, -0.2) is 0 Å². The Balaban J connectivity index is 0.00000225. The van der Waals surface area contributed by atoms with Crippen molar-refractivity contribution in [2.75, 3.05) is 39.4 Å². The molecule has 1 fully saturated rings. The second kappa shape index (κ2) is 10.2. The standard InChI is InChI=1S/C22H26NO.ClH/c1-3-9-21(10-4-1)13-7-15-23(17-19-24-20-18-23)16-8-14-22-11-5-2-6-12-22;/h1-14H,15-20H2;1H/q+1;/p-1. The predicted molar refractivity (Wildman–Crippen MR) is 101 cm³/mol. The lowest BCUT2D eigenvalue weighted by atomic mass is 10.2. The van der Waals surface area contributed by atoms with E-state index in [9.17, 15) is 0 Å². The summed E-state index contributed by atoms with van der Waals surface area (Å²) in [4.78, 5) is 0. The van der Waals surface area contributed by atoms with E-state index in [1.807, 2.05) is 0 Å². The lowest BCUT2D eigenvalue weighted by Gasteiger charge is -2.39. The van der Waals surface area contributed by atoms with Crippen LogP contribution in [0, 0.1) is 0 Å². The molecule has 1 saturated heterocycles. The topological polar surface area (TPSA) is 9.23 Å². The fraction of sp³-hybridized carbons (Fsp3) is 0.273. The molecule has 0 aliphatic carbocycles. The molecule has 0 radical (unpaired) electrons. The molecule has 0 aromatic heterocycles. The maximum absolute atomic E-state index is 5.59. The Morgan fingerprint density at radius 1 is 0.720 bits per heavy atom. The number of rotatable bonds is 6. The second-order valence-corrected chi connectivity index (χ2v) is 6.39. The minimum atomic E-state index is 0. The van der Waals surface area contributed by atoms with Crippen LogP contribution in [-0.4, -0.2) is 43.9 Å². The molecule has 0 bridgehead atoms. The zero-order valence-corrected chi connectivity index (χ0v) is 15.3. The smallest absolute Gasteiger partial charge is 0.103 e. The molecule has 25 heavy (non-hydrogen) atoms.